The second-order valence-electron chi connectivity index (χ2n) is 7.00. The molecule has 2 aliphatic rings. The lowest BCUT2D eigenvalue weighted by Crippen LogP contribution is -2.53. The van der Waals surface area contributed by atoms with Crippen LogP contribution in [0.2, 0.25) is 0 Å². The topological polar surface area (TPSA) is 67.9 Å². The molecule has 0 aromatic rings. The maximum Gasteiger partial charge on any atom is 0.231 e. The number of methoxy groups -OCH3 is 2. The summed E-state index contributed by atoms with van der Waals surface area (Å²) >= 11 is 0. The summed E-state index contributed by atoms with van der Waals surface area (Å²) in [5, 5.41) is 2.98. The maximum atomic E-state index is 12.8. The van der Waals surface area contributed by atoms with E-state index in [0.29, 0.717) is 26.3 Å². The van der Waals surface area contributed by atoms with Crippen LogP contribution in [0.5, 0.6) is 0 Å². The lowest BCUT2D eigenvalue weighted by atomic mass is 9.68. The fraction of sp³-hybridized carbons (Fsp3) is 0.882. The summed E-state index contributed by atoms with van der Waals surface area (Å²) in [4.78, 5) is 26.9. The number of rotatable bonds is 7. The average Bonchev–Trinajstić information content (AvgIpc) is 2.50. The van der Waals surface area contributed by atoms with Crippen molar-refractivity contribution < 1.29 is 19.1 Å². The van der Waals surface area contributed by atoms with E-state index < -0.39 is 0 Å². The van der Waals surface area contributed by atoms with Crippen LogP contribution in [0.15, 0.2) is 0 Å². The Labute approximate surface area is 138 Å². The first-order valence-electron chi connectivity index (χ1n) is 8.60. The molecule has 1 saturated carbocycles. The van der Waals surface area contributed by atoms with Gasteiger partial charge in [0, 0.05) is 39.3 Å². The van der Waals surface area contributed by atoms with Gasteiger partial charge in [-0.2, -0.15) is 0 Å². The number of nitrogens with one attached hydrogen (secondary N) is 1. The molecule has 0 radical (unpaired) electrons. The lowest BCUT2D eigenvalue weighted by molar-refractivity contribution is -0.154. The Kier molecular flexibility index (Phi) is 6.41. The van der Waals surface area contributed by atoms with E-state index in [1.807, 2.05) is 11.8 Å². The van der Waals surface area contributed by atoms with Gasteiger partial charge in [-0.15, -0.1) is 0 Å². The van der Waals surface area contributed by atoms with Crippen LogP contribution in [-0.2, 0) is 19.1 Å². The smallest absolute Gasteiger partial charge is 0.231 e. The van der Waals surface area contributed by atoms with Gasteiger partial charge in [0.25, 0.3) is 0 Å². The molecular weight excluding hydrogens is 296 g/mol. The second kappa shape index (κ2) is 8.11. The lowest BCUT2D eigenvalue weighted by Gasteiger charge is -2.44. The Morgan fingerprint density at radius 2 is 1.87 bits per heavy atom. The molecule has 2 rings (SSSR count). The van der Waals surface area contributed by atoms with Crippen molar-refractivity contribution in [2.75, 3.05) is 40.5 Å². The van der Waals surface area contributed by atoms with Gasteiger partial charge in [-0.3, -0.25) is 9.59 Å². The highest BCUT2D eigenvalue weighted by Gasteiger charge is 2.47. The molecule has 1 aliphatic carbocycles. The number of hydrogen-bond donors (Lipinski definition) is 1. The number of carbonyl (C=O) groups excluding carboxylic acids is 2. The molecule has 1 atom stereocenters. The van der Waals surface area contributed by atoms with Gasteiger partial charge in [-0.25, -0.2) is 0 Å². The molecule has 0 bridgehead atoms. The van der Waals surface area contributed by atoms with E-state index in [1.54, 1.807) is 14.2 Å². The van der Waals surface area contributed by atoms with E-state index in [4.69, 9.17) is 9.47 Å². The van der Waals surface area contributed by atoms with Crippen molar-refractivity contribution in [3.8, 4) is 0 Å². The molecule has 1 heterocycles. The Morgan fingerprint density at radius 1 is 1.22 bits per heavy atom. The molecule has 1 saturated heterocycles. The Bertz CT molecular complexity index is 415. The number of carbonyl (C=O) groups is 2. The quantitative estimate of drug-likeness (QED) is 0.763. The van der Waals surface area contributed by atoms with Gasteiger partial charge in [0.1, 0.15) is 0 Å². The van der Waals surface area contributed by atoms with Crippen LogP contribution in [0.1, 0.15) is 39.0 Å². The molecule has 0 aromatic carbocycles. The van der Waals surface area contributed by atoms with E-state index >= 15 is 0 Å². The van der Waals surface area contributed by atoms with E-state index in [2.05, 4.69) is 5.32 Å². The van der Waals surface area contributed by atoms with Gasteiger partial charge >= 0.3 is 0 Å². The Balaban J connectivity index is 1.81. The first-order chi connectivity index (χ1) is 11.0. The Hall–Kier alpha value is -1.14. The maximum absolute atomic E-state index is 12.8. The van der Waals surface area contributed by atoms with Crippen LogP contribution in [0, 0.1) is 11.3 Å². The largest absolute Gasteiger partial charge is 0.384 e. The van der Waals surface area contributed by atoms with Crippen molar-refractivity contribution in [2.24, 2.45) is 11.3 Å². The predicted molar refractivity (Wildman–Crippen MR) is 86.9 cm³/mol. The standard InChI is InChI=1S/C17H30N2O4/c1-13(11-22-2)18-15(20)14-5-9-19(10-6-14)16(21)17(12-23-3)7-4-8-17/h13-14H,4-12H2,1-3H3,(H,18,20)/t13-/m1/s1. The zero-order valence-electron chi connectivity index (χ0n) is 14.6. The third-order valence-corrected chi connectivity index (χ3v) is 5.14. The first kappa shape index (κ1) is 18.2. The SMILES string of the molecule is COC[C@@H](C)NC(=O)C1CCN(C(=O)C2(COC)CCC2)CC1. The van der Waals surface area contributed by atoms with Gasteiger partial charge in [-0.1, -0.05) is 6.42 Å². The normalized spacial score (nSPS) is 22.3. The molecule has 2 amide bonds. The van der Waals surface area contributed by atoms with Gasteiger partial charge in [-0.05, 0) is 32.6 Å². The molecule has 6 nitrogen and oxygen atoms in total. The van der Waals surface area contributed by atoms with Crippen molar-refractivity contribution in [3.63, 3.8) is 0 Å². The summed E-state index contributed by atoms with van der Waals surface area (Å²) in [6.07, 6.45) is 4.43. The molecule has 6 heteroatoms. The number of piperidine rings is 1. The number of hydrogen-bond acceptors (Lipinski definition) is 4. The first-order valence-corrected chi connectivity index (χ1v) is 8.60. The molecule has 0 aromatic heterocycles. The monoisotopic (exact) mass is 326 g/mol. The van der Waals surface area contributed by atoms with Crippen LogP contribution in [-0.4, -0.2) is 63.3 Å². The zero-order chi connectivity index (χ0) is 16.9. The number of likely N-dealkylation sites (tertiary alicyclic amines) is 1. The van der Waals surface area contributed by atoms with Crippen LogP contribution in [0.4, 0.5) is 0 Å². The van der Waals surface area contributed by atoms with Crippen molar-refractivity contribution in [1.29, 1.82) is 0 Å². The molecular formula is C17H30N2O4. The average molecular weight is 326 g/mol. The molecule has 2 fully saturated rings. The van der Waals surface area contributed by atoms with Crippen molar-refractivity contribution >= 4 is 11.8 Å². The number of ether oxygens (including phenoxy) is 2. The molecule has 1 aliphatic heterocycles. The third kappa shape index (κ3) is 4.23. The molecule has 1 N–H and O–H groups in total. The van der Waals surface area contributed by atoms with Gasteiger partial charge in [0.05, 0.1) is 18.6 Å². The van der Waals surface area contributed by atoms with Gasteiger partial charge in [0.2, 0.25) is 11.8 Å². The van der Waals surface area contributed by atoms with Gasteiger partial charge in [0.15, 0.2) is 0 Å². The molecule has 132 valence electrons. The summed E-state index contributed by atoms with van der Waals surface area (Å²) in [6, 6.07) is 0.0205. The summed E-state index contributed by atoms with van der Waals surface area (Å²) in [5.41, 5.74) is -0.295. The third-order valence-electron chi connectivity index (χ3n) is 5.14. The Morgan fingerprint density at radius 3 is 2.35 bits per heavy atom. The highest BCUT2D eigenvalue weighted by Crippen LogP contribution is 2.43. The second-order valence-corrected chi connectivity index (χ2v) is 7.00. The fourth-order valence-corrected chi connectivity index (χ4v) is 3.63. The highest BCUT2D eigenvalue weighted by atomic mass is 16.5. The predicted octanol–water partition coefficient (Wildman–Crippen LogP) is 1.19. The van der Waals surface area contributed by atoms with Crippen LogP contribution in [0.3, 0.4) is 0 Å². The van der Waals surface area contributed by atoms with Crippen LogP contribution < -0.4 is 5.32 Å². The summed E-state index contributed by atoms with van der Waals surface area (Å²) in [7, 11) is 3.29. The van der Waals surface area contributed by atoms with Crippen molar-refractivity contribution in [1.82, 2.24) is 10.2 Å². The van der Waals surface area contributed by atoms with E-state index in [9.17, 15) is 9.59 Å². The van der Waals surface area contributed by atoms with E-state index in [-0.39, 0.29) is 29.2 Å². The number of amides is 2. The molecule has 23 heavy (non-hydrogen) atoms. The summed E-state index contributed by atoms with van der Waals surface area (Å²) in [5.74, 6) is 0.298. The summed E-state index contributed by atoms with van der Waals surface area (Å²) < 4.78 is 10.3. The van der Waals surface area contributed by atoms with Gasteiger partial charge < -0.3 is 19.7 Å². The van der Waals surface area contributed by atoms with E-state index in [1.165, 1.54) is 0 Å². The van der Waals surface area contributed by atoms with Crippen molar-refractivity contribution in [2.45, 2.75) is 45.1 Å². The van der Waals surface area contributed by atoms with E-state index in [0.717, 1.165) is 32.1 Å². The van der Waals surface area contributed by atoms with Crippen molar-refractivity contribution in [3.05, 3.63) is 0 Å². The fourth-order valence-electron chi connectivity index (χ4n) is 3.63. The van der Waals surface area contributed by atoms with Crippen LogP contribution in [0.25, 0.3) is 0 Å². The summed E-state index contributed by atoms with van der Waals surface area (Å²) in [6.45, 7) is 4.30. The highest BCUT2D eigenvalue weighted by molar-refractivity contribution is 5.84. The zero-order valence-corrected chi connectivity index (χ0v) is 14.6. The minimum Gasteiger partial charge on any atom is -0.384 e. The minimum absolute atomic E-state index is 0.00174. The molecule has 0 spiro atoms. The number of nitrogens with zero attached hydrogens (tertiary/aromatic N) is 1. The molecule has 0 unspecified atom stereocenters. The van der Waals surface area contributed by atoms with Crippen LogP contribution >= 0.6 is 0 Å². The minimum atomic E-state index is -0.295.